The van der Waals surface area contributed by atoms with Crippen LogP contribution in [0.4, 0.5) is 0 Å². The van der Waals surface area contributed by atoms with Gasteiger partial charge in [0.15, 0.2) is 0 Å². The Bertz CT molecular complexity index is 298. The molecule has 4 heteroatoms. The second-order valence-corrected chi connectivity index (χ2v) is 4.31. The zero-order valence-electron chi connectivity index (χ0n) is 9.43. The van der Waals surface area contributed by atoms with E-state index in [9.17, 15) is 0 Å². The molecule has 3 nitrogen and oxygen atoms in total. The van der Waals surface area contributed by atoms with Crippen LogP contribution >= 0.6 is 11.6 Å². The van der Waals surface area contributed by atoms with Crippen molar-refractivity contribution < 1.29 is 10.2 Å². The summed E-state index contributed by atoms with van der Waals surface area (Å²) in [7, 11) is 1.90. The molecule has 0 aliphatic carbocycles. The van der Waals surface area contributed by atoms with Gasteiger partial charge in [0.25, 0.3) is 0 Å². The molecule has 0 fully saturated rings. The van der Waals surface area contributed by atoms with Crippen molar-refractivity contribution in [3.8, 4) is 0 Å². The van der Waals surface area contributed by atoms with Gasteiger partial charge in [0.05, 0.1) is 19.3 Å². The van der Waals surface area contributed by atoms with Crippen LogP contribution in [0.5, 0.6) is 0 Å². The molecule has 0 aromatic heterocycles. The molecule has 1 rings (SSSR count). The summed E-state index contributed by atoms with van der Waals surface area (Å²) in [4.78, 5) is 1.95. The molecule has 0 heterocycles. The minimum Gasteiger partial charge on any atom is -0.395 e. The van der Waals surface area contributed by atoms with Gasteiger partial charge in [-0.1, -0.05) is 23.7 Å². The van der Waals surface area contributed by atoms with Gasteiger partial charge in [-0.15, -0.1) is 0 Å². The molecule has 0 saturated heterocycles. The summed E-state index contributed by atoms with van der Waals surface area (Å²) in [6.45, 7) is 0.759. The van der Waals surface area contributed by atoms with Crippen molar-refractivity contribution in [1.82, 2.24) is 4.90 Å². The van der Waals surface area contributed by atoms with Gasteiger partial charge in [0.2, 0.25) is 0 Å². The third-order valence-electron chi connectivity index (χ3n) is 2.71. The zero-order chi connectivity index (χ0) is 12.0. The highest BCUT2D eigenvalue weighted by Gasteiger charge is 2.11. The smallest absolute Gasteiger partial charge is 0.0609 e. The summed E-state index contributed by atoms with van der Waals surface area (Å²) in [5.41, 5.74) is 1.20. The van der Waals surface area contributed by atoms with E-state index in [-0.39, 0.29) is 19.3 Å². The van der Waals surface area contributed by atoms with Gasteiger partial charge >= 0.3 is 0 Å². The summed E-state index contributed by atoms with van der Waals surface area (Å²) in [5.74, 6) is 0. The van der Waals surface area contributed by atoms with Gasteiger partial charge in [-0.3, -0.25) is 4.90 Å². The predicted molar refractivity (Wildman–Crippen MR) is 65.7 cm³/mol. The first kappa shape index (κ1) is 13.5. The minimum atomic E-state index is -0.174. The van der Waals surface area contributed by atoms with E-state index in [0.29, 0.717) is 0 Å². The Morgan fingerprint density at radius 1 is 1.19 bits per heavy atom. The van der Waals surface area contributed by atoms with Gasteiger partial charge in [-0.2, -0.15) is 0 Å². The summed E-state index contributed by atoms with van der Waals surface area (Å²) in [5, 5.41) is 18.8. The van der Waals surface area contributed by atoms with Gasteiger partial charge in [0, 0.05) is 11.6 Å². The van der Waals surface area contributed by atoms with Gasteiger partial charge < -0.3 is 10.2 Å². The van der Waals surface area contributed by atoms with E-state index in [0.717, 1.165) is 18.0 Å². The van der Waals surface area contributed by atoms with Crippen LogP contribution in [0.15, 0.2) is 24.3 Å². The number of aliphatic hydroxyl groups is 2. The van der Waals surface area contributed by atoms with Crippen LogP contribution in [-0.4, -0.2) is 48.0 Å². The maximum atomic E-state index is 9.01. The quantitative estimate of drug-likeness (QED) is 0.788. The Morgan fingerprint density at radius 3 is 2.25 bits per heavy atom. The lowest BCUT2D eigenvalue weighted by Gasteiger charge is -2.24. The topological polar surface area (TPSA) is 43.7 Å². The molecule has 1 aromatic rings. The third-order valence-corrected chi connectivity index (χ3v) is 2.96. The minimum absolute atomic E-state index is 0.0202. The molecule has 0 aliphatic heterocycles. The normalized spacial score (nSPS) is 11.4. The molecule has 0 amide bonds. The van der Waals surface area contributed by atoms with Crippen molar-refractivity contribution in [1.29, 1.82) is 0 Å². The van der Waals surface area contributed by atoms with E-state index in [1.807, 2.05) is 36.2 Å². The van der Waals surface area contributed by atoms with Crippen LogP contribution in [0.3, 0.4) is 0 Å². The van der Waals surface area contributed by atoms with Gasteiger partial charge in [-0.05, 0) is 31.2 Å². The number of halogens is 1. The number of nitrogens with zero attached hydrogens (tertiary/aromatic N) is 1. The van der Waals surface area contributed by atoms with Crippen LogP contribution < -0.4 is 0 Å². The molecule has 0 aliphatic rings. The van der Waals surface area contributed by atoms with Crippen molar-refractivity contribution >= 4 is 11.6 Å². The van der Waals surface area contributed by atoms with E-state index in [4.69, 9.17) is 21.8 Å². The maximum absolute atomic E-state index is 9.01. The maximum Gasteiger partial charge on any atom is 0.0609 e. The van der Waals surface area contributed by atoms with Gasteiger partial charge in [-0.25, -0.2) is 0 Å². The van der Waals surface area contributed by atoms with E-state index < -0.39 is 0 Å². The van der Waals surface area contributed by atoms with Gasteiger partial charge in [0.1, 0.15) is 0 Å². The Kier molecular flexibility index (Phi) is 5.77. The average molecular weight is 244 g/mol. The zero-order valence-corrected chi connectivity index (χ0v) is 10.2. The molecular weight excluding hydrogens is 226 g/mol. The fourth-order valence-electron chi connectivity index (χ4n) is 1.48. The largest absolute Gasteiger partial charge is 0.395 e. The van der Waals surface area contributed by atoms with E-state index in [1.54, 1.807) is 0 Å². The summed E-state index contributed by atoms with van der Waals surface area (Å²) < 4.78 is 0. The highest BCUT2D eigenvalue weighted by atomic mass is 35.5. The van der Waals surface area contributed by atoms with Crippen molar-refractivity contribution in [3.05, 3.63) is 34.9 Å². The van der Waals surface area contributed by atoms with Crippen molar-refractivity contribution in [2.75, 3.05) is 26.8 Å². The summed E-state index contributed by atoms with van der Waals surface area (Å²) in [6.07, 6.45) is 0.879. The van der Waals surface area contributed by atoms with Crippen molar-refractivity contribution in [2.24, 2.45) is 0 Å². The predicted octanol–water partition coefficient (Wildman–Crippen LogP) is 1.17. The molecule has 90 valence electrons. The lowest BCUT2D eigenvalue weighted by atomic mass is 10.1. The lowest BCUT2D eigenvalue weighted by molar-refractivity contribution is 0.0925. The highest BCUT2D eigenvalue weighted by molar-refractivity contribution is 6.30. The number of aliphatic hydroxyl groups excluding tert-OH is 2. The van der Waals surface area contributed by atoms with E-state index in [1.165, 1.54) is 5.56 Å². The molecule has 0 radical (unpaired) electrons. The summed E-state index contributed by atoms with van der Waals surface area (Å²) >= 11 is 5.79. The Morgan fingerprint density at radius 2 is 1.75 bits per heavy atom. The number of likely N-dealkylation sites (N-methyl/N-ethyl adjacent to an activating group) is 1. The molecule has 2 N–H and O–H groups in total. The van der Waals surface area contributed by atoms with E-state index in [2.05, 4.69) is 0 Å². The van der Waals surface area contributed by atoms with Crippen molar-refractivity contribution in [3.63, 3.8) is 0 Å². The summed E-state index contributed by atoms with van der Waals surface area (Å²) in [6, 6.07) is 7.54. The monoisotopic (exact) mass is 243 g/mol. The number of benzene rings is 1. The molecule has 1 aromatic carbocycles. The molecular formula is C12H18ClNO2. The van der Waals surface area contributed by atoms with E-state index >= 15 is 0 Å². The SMILES string of the molecule is CN(CCc1ccc(Cl)cc1)C(CO)CO. The number of hydrogen-bond donors (Lipinski definition) is 2. The van der Waals surface area contributed by atoms with Crippen LogP contribution in [0.2, 0.25) is 5.02 Å². The van der Waals surface area contributed by atoms with Crippen LogP contribution in [0, 0.1) is 0 Å². The Hall–Kier alpha value is -0.610. The first-order valence-corrected chi connectivity index (χ1v) is 5.71. The first-order chi connectivity index (χ1) is 7.67. The van der Waals surface area contributed by atoms with Crippen molar-refractivity contribution in [2.45, 2.75) is 12.5 Å². The molecule has 0 bridgehead atoms. The Balaban J connectivity index is 2.42. The second-order valence-electron chi connectivity index (χ2n) is 3.88. The molecule has 0 saturated carbocycles. The third kappa shape index (κ3) is 4.10. The average Bonchev–Trinajstić information content (AvgIpc) is 2.30. The van der Waals surface area contributed by atoms with Crippen LogP contribution in [0.25, 0.3) is 0 Å². The second kappa shape index (κ2) is 6.86. The molecule has 0 spiro atoms. The molecule has 0 atom stereocenters. The molecule has 0 unspecified atom stereocenters. The Labute approximate surface area is 101 Å². The highest BCUT2D eigenvalue weighted by Crippen LogP contribution is 2.10. The fraction of sp³-hybridized carbons (Fsp3) is 0.500. The standard InChI is InChI=1S/C12H18ClNO2/c1-14(12(8-15)9-16)7-6-10-2-4-11(13)5-3-10/h2-5,12,15-16H,6-9H2,1H3. The fourth-order valence-corrected chi connectivity index (χ4v) is 1.60. The van der Waals surface area contributed by atoms with Crippen LogP contribution in [0.1, 0.15) is 5.56 Å². The number of hydrogen-bond acceptors (Lipinski definition) is 3. The van der Waals surface area contributed by atoms with Crippen LogP contribution in [-0.2, 0) is 6.42 Å². The lowest BCUT2D eigenvalue weighted by Crippen LogP contribution is -2.38. The first-order valence-electron chi connectivity index (χ1n) is 5.33. The number of rotatable bonds is 6. The molecule has 16 heavy (non-hydrogen) atoms.